The molecule has 3 heteroatoms. The molecule has 1 aliphatic heterocycles. The molecule has 1 heterocycles. The molecule has 0 spiro atoms. The summed E-state index contributed by atoms with van der Waals surface area (Å²) in [6, 6.07) is 0.607. The van der Waals surface area contributed by atoms with Crippen LogP contribution in [0.25, 0.3) is 0 Å². The van der Waals surface area contributed by atoms with Crippen molar-refractivity contribution >= 4 is 0 Å². The maximum absolute atomic E-state index is 13.6. The van der Waals surface area contributed by atoms with Crippen molar-refractivity contribution in [3.05, 3.63) is 0 Å². The summed E-state index contributed by atoms with van der Waals surface area (Å²) in [6.07, 6.45) is -1.09. The van der Waals surface area contributed by atoms with Crippen molar-refractivity contribution in [1.82, 2.24) is 4.90 Å². The second-order valence-corrected chi connectivity index (χ2v) is 4.74. The highest BCUT2D eigenvalue weighted by Crippen LogP contribution is 2.30. The highest BCUT2D eigenvalue weighted by atomic mass is 19.1. The number of hydrogen-bond acceptors (Lipinski definition) is 2. The van der Waals surface area contributed by atoms with Gasteiger partial charge in [0.25, 0.3) is 0 Å². The molecule has 0 aromatic rings. The van der Waals surface area contributed by atoms with Gasteiger partial charge in [0.1, 0.15) is 12.3 Å². The Kier molecular flexibility index (Phi) is 3.90. The zero-order valence-electron chi connectivity index (χ0n) is 9.83. The van der Waals surface area contributed by atoms with Crippen LogP contribution < -0.4 is 0 Å². The largest absolute Gasteiger partial charge is 0.377 e. The van der Waals surface area contributed by atoms with Gasteiger partial charge in [-0.1, -0.05) is 13.8 Å². The van der Waals surface area contributed by atoms with Gasteiger partial charge in [0.05, 0.1) is 0 Å². The van der Waals surface area contributed by atoms with Crippen molar-refractivity contribution in [2.24, 2.45) is 5.92 Å². The Balaban J connectivity index is 2.79. The van der Waals surface area contributed by atoms with Crippen molar-refractivity contribution in [2.45, 2.75) is 52.1 Å². The van der Waals surface area contributed by atoms with E-state index in [1.807, 2.05) is 0 Å². The van der Waals surface area contributed by atoms with E-state index in [0.717, 1.165) is 0 Å². The first kappa shape index (κ1) is 11.9. The molecule has 1 aliphatic rings. The number of likely N-dealkylation sites (tertiary alicyclic amines) is 1. The average molecular weight is 203 g/mol. The zero-order chi connectivity index (χ0) is 10.9. The Bertz CT molecular complexity index is 184. The van der Waals surface area contributed by atoms with Gasteiger partial charge < -0.3 is 4.74 Å². The van der Waals surface area contributed by atoms with Crippen molar-refractivity contribution in [1.29, 1.82) is 0 Å². The first-order valence-corrected chi connectivity index (χ1v) is 5.41. The van der Waals surface area contributed by atoms with Crippen LogP contribution in [-0.2, 0) is 4.74 Å². The van der Waals surface area contributed by atoms with Crippen LogP contribution in [0.1, 0.15) is 27.7 Å². The maximum Gasteiger partial charge on any atom is 0.140 e. The summed E-state index contributed by atoms with van der Waals surface area (Å²) in [4.78, 5) is 2.21. The quantitative estimate of drug-likeness (QED) is 0.696. The summed E-state index contributed by atoms with van der Waals surface area (Å²) in [5.41, 5.74) is 0. The molecule has 0 radical (unpaired) electrons. The Morgan fingerprint density at radius 3 is 2.21 bits per heavy atom. The van der Waals surface area contributed by atoms with E-state index in [1.165, 1.54) is 0 Å². The SMILES string of the molecule is COC1C(F)CN(C(C)C)C1C(C)C. The van der Waals surface area contributed by atoms with E-state index in [0.29, 0.717) is 18.5 Å². The highest BCUT2D eigenvalue weighted by Gasteiger charge is 2.44. The first-order chi connectivity index (χ1) is 6.49. The third-order valence-electron chi connectivity index (χ3n) is 3.08. The van der Waals surface area contributed by atoms with E-state index in [1.54, 1.807) is 7.11 Å². The van der Waals surface area contributed by atoms with Gasteiger partial charge in [-0.3, -0.25) is 4.90 Å². The molecule has 14 heavy (non-hydrogen) atoms. The molecule has 3 unspecified atom stereocenters. The predicted octanol–water partition coefficient (Wildman–Crippen LogP) is 2.09. The fourth-order valence-electron chi connectivity index (χ4n) is 2.43. The number of ether oxygens (including phenoxy) is 1. The average Bonchev–Trinajstić information content (AvgIpc) is 2.42. The van der Waals surface area contributed by atoms with Crippen LogP contribution in [0.3, 0.4) is 0 Å². The second-order valence-electron chi connectivity index (χ2n) is 4.74. The van der Waals surface area contributed by atoms with Gasteiger partial charge in [-0.05, 0) is 19.8 Å². The molecule has 1 rings (SSSR count). The highest BCUT2D eigenvalue weighted by molar-refractivity contribution is 4.97. The minimum Gasteiger partial charge on any atom is -0.377 e. The summed E-state index contributed by atoms with van der Waals surface area (Å²) in [5.74, 6) is 0.433. The van der Waals surface area contributed by atoms with E-state index in [9.17, 15) is 4.39 Å². The Morgan fingerprint density at radius 2 is 1.86 bits per heavy atom. The third kappa shape index (κ3) is 2.09. The molecule has 0 amide bonds. The summed E-state index contributed by atoms with van der Waals surface area (Å²) in [5, 5.41) is 0. The number of alkyl halides is 1. The fraction of sp³-hybridized carbons (Fsp3) is 1.00. The van der Waals surface area contributed by atoms with E-state index >= 15 is 0 Å². The monoisotopic (exact) mass is 203 g/mol. The van der Waals surface area contributed by atoms with Crippen molar-refractivity contribution < 1.29 is 9.13 Å². The molecule has 0 saturated carbocycles. The lowest BCUT2D eigenvalue weighted by molar-refractivity contribution is 0.0137. The standard InChI is InChI=1S/C11H22FNO/c1-7(2)10-11(14-5)9(12)6-13(10)8(3)4/h7-11H,6H2,1-5H3. The molecule has 0 aliphatic carbocycles. The van der Waals surface area contributed by atoms with Gasteiger partial charge in [0.2, 0.25) is 0 Å². The van der Waals surface area contributed by atoms with Crippen molar-refractivity contribution in [2.75, 3.05) is 13.7 Å². The van der Waals surface area contributed by atoms with E-state index < -0.39 is 6.17 Å². The van der Waals surface area contributed by atoms with Crippen LogP contribution in [0.5, 0.6) is 0 Å². The predicted molar refractivity (Wildman–Crippen MR) is 56.2 cm³/mol. The normalized spacial score (nSPS) is 34.7. The lowest BCUT2D eigenvalue weighted by atomic mass is 9.98. The Morgan fingerprint density at radius 1 is 1.29 bits per heavy atom. The van der Waals surface area contributed by atoms with Crippen LogP contribution in [0, 0.1) is 5.92 Å². The van der Waals surface area contributed by atoms with E-state index in [4.69, 9.17) is 4.74 Å². The van der Waals surface area contributed by atoms with Crippen LogP contribution in [0.15, 0.2) is 0 Å². The molecular formula is C11H22FNO. The molecule has 0 aromatic carbocycles. The summed E-state index contributed by atoms with van der Waals surface area (Å²) in [6.45, 7) is 8.99. The number of methoxy groups -OCH3 is 1. The molecule has 3 atom stereocenters. The third-order valence-corrected chi connectivity index (χ3v) is 3.08. The molecule has 1 saturated heterocycles. The maximum atomic E-state index is 13.6. The minimum absolute atomic E-state index is 0.218. The minimum atomic E-state index is -0.838. The molecule has 0 N–H and O–H groups in total. The summed E-state index contributed by atoms with van der Waals surface area (Å²) in [7, 11) is 1.61. The zero-order valence-corrected chi connectivity index (χ0v) is 9.83. The Hall–Kier alpha value is -0.150. The summed E-state index contributed by atoms with van der Waals surface area (Å²) >= 11 is 0. The van der Waals surface area contributed by atoms with Gasteiger partial charge >= 0.3 is 0 Å². The number of rotatable bonds is 3. The van der Waals surface area contributed by atoms with Crippen LogP contribution >= 0.6 is 0 Å². The fourth-order valence-corrected chi connectivity index (χ4v) is 2.43. The van der Waals surface area contributed by atoms with Crippen molar-refractivity contribution in [3.63, 3.8) is 0 Å². The number of nitrogens with zero attached hydrogens (tertiary/aromatic N) is 1. The van der Waals surface area contributed by atoms with Gasteiger partial charge in [0.15, 0.2) is 0 Å². The van der Waals surface area contributed by atoms with Gasteiger partial charge in [-0.2, -0.15) is 0 Å². The van der Waals surface area contributed by atoms with Gasteiger partial charge in [0, 0.05) is 25.7 Å². The topological polar surface area (TPSA) is 12.5 Å². The van der Waals surface area contributed by atoms with Gasteiger partial charge in [-0.15, -0.1) is 0 Å². The lowest BCUT2D eigenvalue weighted by Crippen LogP contribution is -2.43. The van der Waals surface area contributed by atoms with Crippen LogP contribution in [0.4, 0.5) is 4.39 Å². The van der Waals surface area contributed by atoms with E-state index in [2.05, 4.69) is 32.6 Å². The number of hydrogen-bond donors (Lipinski definition) is 0. The Labute approximate surface area is 86.4 Å². The van der Waals surface area contributed by atoms with Crippen LogP contribution in [0.2, 0.25) is 0 Å². The second kappa shape index (κ2) is 4.58. The summed E-state index contributed by atoms with van der Waals surface area (Å²) < 4.78 is 18.9. The smallest absolute Gasteiger partial charge is 0.140 e. The lowest BCUT2D eigenvalue weighted by Gasteiger charge is -2.33. The molecule has 2 nitrogen and oxygen atoms in total. The van der Waals surface area contributed by atoms with Gasteiger partial charge in [-0.25, -0.2) is 4.39 Å². The molecule has 1 fully saturated rings. The van der Waals surface area contributed by atoms with E-state index in [-0.39, 0.29) is 12.1 Å². The van der Waals surface area contributed by atoms with Crippen molar-refractivity contribution in [3.8, 4) is 0 Å². The molecule has 84 valence electrons. The first-order valence-electron chi connectivity index (χ1n) is 5.41. The number of halogens is 1. The molecule has 0 bridgehead atoms. The molecular weight excluding hydrogens is 181 g/mol. The molecule has 0 aromatic heterocycles. The van der Waals surface area contributed by atoms with Crippen LogP contribution in [-0.4, -0.2) is 42.9 Å².